The van der Waals surface area contributed by atoms with E-state index >= 15 is 4.11 Å². The van der Waals surface area contributed by atoms with Crippen molar-refractivity contribution in [2.45, 2.75) is 43.7 Å². The Morgan fingerprint density at radius 3 is 2.79 bits per heavy atom. The molecule has 2 amide bonds. The van der Waals surface area contributed by atoms with Gasteiger partial charge in [-0.3, -0.25) is 9.59 Å². The number of hydrogen-bond acceptors (Lipinski definition) is 5. The Morgan fingerprint density at radius 1 is 1.38 bits per heavy atom. The van der Waals surface area contributed by atoms with E-state index in [-0.39, 0.29) is 37.3 Å². The Balaban J connectivity index is 1.79. The van der Waals surface area contributed by atoms with Crippen LogP contribution in [0.25, 0.3) is 0 Å². The second kappa shape index (κ2) is 7.15. The van der Waals surface area contributed by atoms with Crippen molar-refractivity contribution in [3.63, 3.8) is 0 Å². The van der Waals surface area contributed by atoms with Crippen LogP contribution in [0, 0.1) is 5.92 Å². The molecule has 4 rings (SSSR count). The molecule has 2 fully saturated rings. The first-order chi connectivity index (χ1) is 13.7. The topological polar surface area (TPSA) is 90.9 Å². The monoisotopic (exact) mass is 421 g/mol. The van der Waals surface area contributed by atoms with Gasteiger partial charge in [0.25, 0.3) is 5.91 Å². The Morgan fingerprint density at radius 2 is 2.14 bits per heavy atom. The Labute approximate surface area is 170 Å². The Kier molecular flexibility index (Phi) is 5.05. The van der Waals surface area contributed by atoms with Gasteiger partial charge in [0.05, 0.1) is 12.6 Å². The maximum atomic E-state index is 15.3. The van der Waals surface area contributed by atoms with Crippen LogP contribution in [-0.2, 0) is 19.9 Å². The fourth-order valence-corrected chi connectivity index (χ4v) is 7.84. The summed E-state index contributed by atoms with van der Waals surface area (Å²) in [5.41, 5.74) is 0.276. The summed E-state index contributed by atoms with van der Waals surface area (Å²) in [6, 6.07) is 5.44. The first-order valence-electron chi connectivity index (χ1n) is 10.1. The molecule has 1 aromatic rings. The molecular formula is C20H28FN3O4Si. The highest BCUT2D eigenvalue weighted by Gasteiger charge is 2.65. The molecule has 0 radical (unpaired) electrons. The van der Waals surface area contributed by atoms with E-state index < -0.39 is 25.7 Å². The molecule has 1 spiro atoms. The predicted molar refractivity (Wildman–Crippen MR) is 110 cm³/mol. The van der Waals surface area contributed by atoms with Gasteiger partial charge in [0.1, 0.15) is 0 Å². The largest absolute Gasteiger partial charge is 0.396 e. The third-order valence-corrected chi connectivity index (χ3v) is 8.97. The molecule has 3 heterocycles. The summed E-state index contributed by atoms with van der Waals surface area (Å²) in [4.78, 5) is 27.2. The van der Waals surface area contributed by atoms with Crippen LogP contribution in [0.3, 0.4) is 0 Å². The van der Waals surface area contributed by atoms with Gasteiger partial charge < -0.3 is 29.5 Å². The summed E-state index contributed by atoms with van der Waals surface area (Å²) < 4.78 is 21.6. The van der Waals surface area contributed by atoms with Crippen molar-refractivity contribution in [2.75, 3.05) is 36.5 Å². The van der Waals surface area contributed by atoms with Crippen LogP contribution in [0.1, 0.15) is 18.9 Å². The molecule has 4 atom stereocenters. The lowest BCUT2D eigenvalue weighted by Crippen LogP contribution is -2.48. The standard InChI is InChI=1S/C20H28FN3O4Si/c1-12-18(29(2,3)21)16(6-9-25)28-20(12)14-10-13(4-5-15(14)23-19(20)27)24-8-7-22-11-17(24)26/h4-5,10,12,16,18,22,25H,6-9,11H2,1-3H3,(H,23,27)/t12-,16+,18-,20+/m0/s1. The minimum absolute atomic E-state index is 0.0312. The van der Waals surface area contributed by atoms with Gasteiger partial charge in [-0.25, -0.2) is 0 Å². The van der Waals surface area contributed by atoms with Gasteiger partial charge in [-0.05, 0) is 37.7 Å². The molecule has 0 unspecified atom stereocenters. The quantitative estimate of drug-likeness (QED) is 0.509. The number of aliphatic hydroxyl groups excluding tert-OH is 1. The van der Waals surface area contributed by atoms with Crippen LogP contribution in [0.15, 0.2) is 18.2 Å². The second-order valence-electron chi connectivity index (χ2n) is 8.69. The summed E-state index contributed by atoms with van der Waals surface area (Å²) in [6.45, 7) is 6.51. The van der Waals surface area contributed by atoms with Crippen molar-refractivity contribution < 1.29 is 23.5 Å². The van der Waals surface area contributed by atoms with Crippen LogP contribution in [0.5, 0.6) is 0 Å². The lowest BCUT2D eigenvalue weighted by molar-refractivity contribution is -0.143. The molecule has 0 bridgehead atoms. The molecule has 0 aliphatic carbocycles. The molecule has 1 aromatic carbocycles. The normalized spacial score (nSPS) is 32.0. The van der Waals surface area contributed by atoms with Gasteiger partial charge in [0.15, 0.2) is 5.60 Å². The van der Waals surface area contributed by atoms with Crippen molar-refractivity contribution in [2.24, 2.45) is 5.92 Å². The smallest absolute Gasteiger partial charge is 0.261 e. The van der Waals surface area contributed by atoms with Crippen molar-refractivity contribution in [3.05, 3.63) is 23.8 Å². The van der Waals surface area contributed by atoms with Gasteiger partial charge in [0.2, 0.25) is 14.3 Å². The molecular weight excluding hydrogens is 393 g/mol. The highest BCUT2D eigenvalue weighted by molar-refractivity contribution is 6.72. The number of benzene rings is 1. The van der Waals surface area contributed by atoms with E-state index in [1.165, 1.54) is 0 Å². The van der Waals surface area contributed by atoms with Crippen LogP contribution in [0.4, 0.5) is 15.5 Å². The summed E-state index contributed by atoms with van der Waals surface area (Å²) in [5, 5.41) is 15.4. The van der Waals surface area contributed by atoms with E-state index in [0.717, 1.165) is 0 Å². The van der Waals surface area contributed by atoms with E-state index in [2.05, 4.69) is 10.6 Å². The first kappa shape index (κ1) is 20.5. The molecule has 158 valence electrons. The molecule has 3 aliphatic rings. The summed E-state index contributed by atoms with van der Waals surface area (Å²) in [6.07, 6.45) is -0.238. The van der Waals surface area contributed by atoms with Crippen LogP contribution in [0.2, 0.25) is 18.6 Å². The van der Waals surface area contributed by atoms with Gasteiger partial charge in [0, 0.05) is 48.1 Å². The highest BCUT2D eigenvalue weighted by Crippen LogP contribution is 2.59. The molecule has 2 saturated heterocycles. The lowest BCUT2D eigenvalue weighted by atomic mass is 9.82. The maximum absolute atomic E-state index is 15.3. The highest BCUT2D eigenvalue weighted by atomic mass is 28.4. The average molecular weight is 422 g/mol. The lowest BCUT2D eigenvalue weighted by Gasteiger charge is -2.31. The Hall–Kier alpha value is -1.81. The van der Waals surface area contributed by atoms with E-state index in [1.807, 2.05) is 19.1 Å². The molecule has 7 nitrogen and oxygen atoms in total. The number of carbonyl (C=O) groups is 2. The third kappa shape index (κ3) is 3.11. The van der Waals surface area contributed by atoms with E-state index in [4.69, 9.17) is 4.74 Å². The number of rotatable bonds is 4. The number of nitrogens with one attached hydrogen (secondary N) is 2. The number of fused-ring (bicyclic) bond motifs is 2. The number of hydrogen-bond donors (Lipinski definition) is 3. The zero-order chi connectivity index (χ0) is 21.0. The van der Waals surface area contributed by atoms with Crippen LogP contribution < -0.4 is 15.5 Å². The molecule has 0 aromatic heterocycles. The molecule has 3 N–H and O–H groups in total. The van der Waals surface area contributed by atoms with Crippen molar-refractivity contribution >= 4 is 31.6 Å². The zero-order valence-electron chi connectivity index (χ0n) is 17.0. The second-order valence-corrected chi connectivity index (χ2v) is 12.5. The number of carbonyl (C=O) groups excluding carboxylic acids is 2. The first-order valence-corrected chi connectivity index (χ1v) is 13.1. The number of amides is 2. The summed E-state index contributed by atoms with van der Waals surface area (Å²) in [7, 11) is -3.18. The minimum atomic E-state index is -3.18. The fraction of sp³-hybridized carbons (Fsp3) is 0.600. The maximum Gasteiger partial charge on any atom is 0.261 e. The van der Waals surface area contributed by atoms with E-state index in [0.29, 0.717) is 30.0 Å². The summed E-state index contributed by atoms with van der Waals surface area (Å²) in [5.74, 6) is -0.718. The molecule has 29 heavy (non-hydrogen) atoms. The molecule has 9 heteroatoms. The van der Waals surface area contributed by atoms with Gasteiger partial charge in [-0.1, -0.05) is 6.92 Å². The van der Waals surface area contributed by atoms with Crippen molar-refractivity contribution in [1.29, 1.82) is 0 Å². The van der Waals surface area contributed by atoms with Gasteiger partial charge >= 0.3 is 0 Å². The number of anilines is 2. The fourth-order valence-electron chi connectivity index (χ4n) is 5.30. The predicted octanol–water partition coefficient (Wildman–Crippen LogP) is 1.73. The SMILES string of the molecule is C[C@H]1[C@H]([Si](C)(C)F)[C@@H](CCO)O[C@]12C(=O)Nc1ccc(N3CCNCC3=O)cc12. The number of piperazine rings is 1. The number of ether oxygens (including phenoxy) is 1. The van der Waals surface area contributed by atoms with Crippen molar-refractivity contribution in [3.8, 4) is 0 Å². The summed E-state index contributed by atoms with van der Waals surface area (Å²) >= 11 is 0. The molecule has 3 aliphatic heterocycles. The number of aliphatic hydroxyl groups is 1. The third-order valence-electron chi connectivity index (χ3n) is 6.51. The zero-order valence-corrected chi connectivity index (χ0v) is 18.0. The van der Waals surface area contributed by atoms with E-state index in [9.17, 15) is 14.7 Å². The number of nitrogens with zero attached hydrogens (tertiary/aromatic N) is 1. The van der Waals surface area contributed by atoms with Crippen molar-refractivity contribution in [1.82, 2.24) is 5.32 Å². The van der Waals surface area contributed by atoms with E-state index in [1.54, 1.807) is 24.1 Å². The number of halogens is 1. The molecule has 0 saturated carbocycles. The van der Waals surface area contributed by atoms with Crippen LogP contribution >= 0.6 is 0 Å². The Bertz CT molecular complexity index is 846. The minimum Gasteiger partial charge on any atom is -0.396 e. The van der Waals surface area contributed by atoms with Crippen LogP contribution in [-0.4, -0.2) is 57.7 Å². The van der Waals surface area contributed by atoms with Gasteiger partial charge in [-0.2, -0.15) is 0 Å². The van der Waals surface area contributed by atoms with Gasteiger partial charge in [-0.15, -0.1) is 0 Å². The average Bonchev–Trinajstić information content (AvgIpc) is 3.10.